The number of halogens is 1. The Morgan fingerprint density at radius 3 is 2.92 bits per heavy atom. The van der Waals surface area contributed by atoms with Gasteiger partial charge >= 0.3 is 0 Å². The maximum absolute atomic E-state index is 9.28. The highest BCUT2D eigenvalue weighted by atomic mass is 35.5. The smallest absolute Gasteiger partial charge is 0.109 e. The quantitative estimate of drug-likeness (QED) is 0.757. The van der Waals surface area contributed by atoms with Crippen molar-refractivity contribution in [2.24, 2.45) is 0 Å². The molecule has 1 aromatic heterocycles. The van der Waals surface area contributed by atoms with Gasteiger partial charge in [0, 0.05) is 6.20 Å². The molecule has 0 aliphatic carbocycles. The van der Waals surface area contributed by atoms with E-state index in [4.69, 9.17) is 16.9 Å². The Labute approximate surface area is 75.2 Å². The predicted molar refractivity (Wildman–Crippen MR) is 44.4 cm³/mol. The van der Waals surface area contributed by atoms with Crippen molar-refractivity contribution in [2.75, 3.05) is 0 Å². The van der Waals surface area contributed by atoms with Crippen molar-refractivity contribution in [1.29, 1.82) is 5.26 Å². The molecule has 4 heteroatoms. The third kappa shape index (κ3) is 2.19. The highest BCUT2D eigenvalue weighted by Gasteiger charge is 2.06. The minimum atomic E-state index is -0.813. The van der Waals surface area contributed by atoms with Gasteiger partial charge in [-0.15, -0.1) is 0 Å². The molecule has 3 nitrogen and oxygen atoms in total. The van der Waals surface area contributed by atoms with Crippen LogP contribution in [-0.4, -0.2) is 10.1 Å². The lowest BCUT2D eigenvalue weighted by atomic mass is 10.2. The molecule has 0 bridgehead atoms. The topological polar surface area (TPSA) is 56.9 Å². The molecule has 0 aliphatic rings. The van der Waals surface area contributed by atoms with Crippen molar-refractivity contribution in [1.82, 2.24) is 4.98 Å². The zero-order valence-electron chi connectivity index (χ0n) is 6.24. The minimum absolute atomic E-state index is 0.0502. The van der Waals surface area contributed by atoms with E-state index in [0.717, 1.165) is 0 Å². The number of nitrogens with zero attached hydrogens (tertiary/aromatic N) is 2. The third-order valence-corrected chi connectivity index (χ3v) is 1.60. The average Bonchev–Trinajstić information content (AvgIpc) is 2.06. The number of pyridine rings is 1. The molecule has 0 aliphatic heterocycles. The Kier molecular flexibility index (Phi) is 3.03. The Balaban J connectivity index is 2.76. The number of rotatable bonds is 2. The van der Waals surface area contributed by atoms with E-state index >= 15 is 0 Å². The second-order valence-electron chi connectivity index (χ2n) is 2.28. The molecule has 0 aromatic carbocycles. The second-order valence-corrected chi connectivity index (χ2v) is 2.72. The van der Waals surface area contributed by atoms with Crippen LogP contribution in [0.5, 0.6) is 0 Å². The summed E-state index contributed by atoms with van der Waals surface area (Å²) in [4.78, 5) is 3.86. The third-order valence-electron chi connectivity index (χ3n) is 1.38. The molecule has 1 atom stereocenters. The van der Waals surface area contributed by atoms with E-state index in [2.05, 4.69) is 4.98 Å². The lowest BCUT2D eigenvalue weighted by molar-refractivity contribution is 0.178. The molecule has 0 amide bonds. The zero-order chi connectivity index (χ0) is 8.97. The summed E-state index contributed by atoms with van der Waals surface area (Å²) in [6.45, 7) is 0. The highest BCUT2D eigenvalue weighted by Crippen LogP contribution is 2.15. The largest absolute Gasteiger partial charge is 0.386 e. The van der Waals surface area contributed by atoms with Gasteiger partial charge in [-0.25, -0.2) is 0 Å². The first kappa shape index (κ1) is 8.98. The molecule has 1 aromatic rings. The van der Waals surface area contributed by atoms with E-state index in [1.807, 2.05) is 6.07 Å². The Morgan fingerprint density at radius 1 is 1.67 bits per heavy atom. The summed E-state index contributed by atoms with van der Waals surface area (Å²) in [5.74, 6) is 0. The molecular formula is C8H7ClN2O. The van der Waals surface area contributed by atoms with E-state index in [0.29, 0.717) is 10.7 Å². The second kappa shape index (κ2) is 4.05. The van der Waals surface area contributed by atoms with Gasteiger partial charge in [0.2, 0.25) is 0 Å². The monoisotopic (exact) mass is 182 g/mol. The van der Waals surface area contributed by atoms with Crippen LogP contribution in [0, 0.1) is 11.3 Å². The fraction of sp³-hybridized carbons (Fsp3) is 0.250. The van der Waals surface area contributed by atoms with Crippen LogP contribution < -0.4 is 0 Å². The van der Waals surface area contributed by atoms with Crippen molar-refractivity contribution < 1.29 is 5.11 Å². The van der Waals surface area contributed by atoms with Gasteiger partial charge in [-0.05, 0) is 12.1 Å². The van der Waals surface area contributed by atoms with Gasteiger partial charge in [0.05, 0.1) is 23.2 Å². The molecule has 1 rings (SSSR count). The normalized spacial score (nSPS) is 12.1. The molecule has 1 heterocycles. The Bertz CT molecular complexity index is 291. The maximum atomic E-state index is 9.28. The van der Waals surface area contributed by atoms with Crippen LogP contribution in [0.1, 0.15) is 18.2 Å². The summed E-state index contributed by atoms with van der Waals surface area (Å²) in [6.07, 6.45) is 0.679. The van der Waals surface area contributed by atoms with E-state index < -0.39 is 6.10 Å². The van der Waals surface area contributed by atoms with E-state index in [1.165, 1.54) is 6.20 Å². The van der Waals surface area contributed by atoms with E-state index in [-0.39, 0.29) is 6.42 Å². The summed E-state index contributed by atoms with van der Waals surface area (Å²) in [5, 5.41) is 18.1. The van der Waals surface area contributed by atoms with Gasteiger partial charge < -0.3 is 5.11 Å². The van der Waals surface area contributed by atoms with Gasteiger partial charge in [0.25, 0.3) is 0 Å². The highest BCUT2D eigenvalue weighted by molar-refractivity contribution is 6.30. The Hall–Kier alpha value is -1.11. The molecule has 0 spiro atoms. The first-order valence-corrected chi connectivity index (χ1v) is 3.78. The number of hydrogen-bond acceptors (Lipinski definition) is 3. The molecule has 12 heavy (non-hydrogen) atoms. The van der Waals surface area contributed by atoms with Crippen molar-refractivity contribution in [2.45, 2.75) is 12.5 Å². The Morgan fingerprint density at radius 2 is 2.42 bits per heavy atom. The summed E-state index contributed by atoms with van der Waals surface area (Å²) in [5.41, 5.74) is 0.473. The molecular weight excluding hydrogens is 176 g/mol. The molecule has 0 radical (unpaired) electrons. The van der Waals surface area contributed by atoms with Gasteiger partial charge in [0.1, 0.15) is 6.10 Å². The predicted octanol–water partition coefficient (Wildman–Crippen LogP) is 1.68. The van der Waals surface area contributed by atoms with Crippen LogP contribution in [0.2, 0.25) is 5.02 Å². The number of aliphatic hydroxyl groups is 1. The van der Waals surface area contributed by atoms with Crippen molar-refractivity contribution in [3.63, 3.8) is 0 Å². The minimum Gasteiger partial charge on any atom is -0.386 e. The van der Waals surface area contributed by atoms with E-state index in [1.54, 1.807) is 12.1 Å². The number of aromatic nitrogens is 1. The number of aliphatic hydroxyl groups excluding tert-OH is 1. The van der Waals surface area contributed by atoms with Crippen LogP contribution in [0.3, 0.4) is 0 Å². The molecule has 0 saturated heterocycles. The van der Waals surface area contributed by atoms with Crippen LogP contribution >= 0.6 is 11.6 Å². The number of hydrogen-bond donors (Lipinski definition) is 1. The van der Waals surface area contributed by atoms with Gasteiger partial charge in [-0.1, -0.05) is 11.6 Å². The summed E-state index contributed by atoms with van der Waals surface area (Å²) in [7, 11) is 0. The van der Waals surface area contributed by atoms with Crippen LogP contribution in [0.15, 0.2) is 18.3 Å². The number of nitriles is 1. The van der Waals surface area contributed by atoms with Gasteiger partial charge in [-0.2, -0.15) is 5.26 Å². The first-order valence-electron chi connectivity index (χ1n) is 3.40. The molecule has 62 valence electrons. The van der Waals surface area contributed by atoms with E-state index in [9.17, 15) is 5.11 Å². The lowest BCUT2D eigenvalue weighted by Gasteiger charge is -2.04. The summed E-state index contributed by atoms with van der Waals surface area (Å²) < 4.78 is 0. The van der Waals surface area contributed by atoms with Gasteiger partial charge in [-0.3, -0.25) is 4.98 Å². The molecule has 0 saturated carbocycles. The van der Waals surface area contributed by atoms with Crippen LogP contribution in [-0.2, 0) is 0 Å². The zero-order valence-corrected chi connectivity index (χ0v) is 6.99. The van der Waals surface area contributed by atoms with Crippen molar-refractivity contribution in [3.05, 3.63) is 29.0 Å². The van der Waals surface area contributed by atoms with Gasteiger partial charge in [0.15, 0.2) is 0 Å². The average molecular weight is 183 g/mol. The van der Waals surface area contributed by atoms with Crippen molar-refractivity contribution in [3.8, 4) is 6.07 Å². The summed E-state index contributed by atoms with van der Waals surface area (Å²) >= 11 is 5.58. The SMILES string of the molecule is N#CCC(O)c1ccc(Cl)cn1. The maximum Gasteiger partial charge on any atom is 0.109 e. The summed E-state index contributed by atoms with van der Waals surface area (Å²) in [6, 6.07) is 5.09. The molecule has 0 fully saturated rings. The fourth-order valence-electron chi connectivity index (χ4n) is 0.775. The first-order chi connectivity index (χ1) is 5.74. The van der Waals surface area contributed by atoms with Crippen LogP contribution in [0.25, 0.3) is 0 Å². The van der Waals surface area contributed by atoms with Crippen molar-refractivity contribution >= 4 is 11.6 Å². The van der Waals surface area contributed by atoms with Crippen LogP contribution in [0.4, 0.5) is 0 Å². The lowest BCUT2D eigenvalue weighted by Crippen LogP contribution is -1.98. The fourth-order valence-corrected chi connectivity index (χ4v) is 0.887. The molecule has 1 unspecified atom stereocenters. The molecule has 1 N–H and O–H groups in total. The standard InChI is InChI=1S/C8H7ClN2O/c9-6-1-2-7(11-5-6)8(12)3-4-10/h1-2,5,8,12H,3H2.